The SMILES string of the molecule is CCOC(=O)C(C)(C(=O)OCC)N([O])Cc1ccccc1. The lowest BCUT2D eigenvalue weighted by Crippen LogP contribution is -2.57. The molecule has 115 valence electrons. The second-order valence-electron chi connectivity index (χ2n) is 4.54. The molecule has 0 heterocycles. The minimum Gasteiger partial charge on any atom is -0.464 e. The van der Waals surface area contributed by atoms with Gasteiger partial charge in [-0.3, -0.25) is 0 Å². The van der Waals surface area contributed by atoms with Gasteiger partial charge < -0.3 is 9.47 Å². The van der Waals surface area contributed by atoms with Crippen molar-refractivity contribution in [1.82, 2.24) is 5.06 Å². The van der Waals surface area contributed by atoms with Crippen LogP contribution in [0.2, 0.25) is 0 Å². The highest BCUT2D eigenvalue weighted by atomic mass is 16.6. The molecule has 1 radical (unpaired) electrons. The molecule has 0 aliphatic heterocycles. The Hall–Kier alpha value is -1.92. The van der Waals surface area contributed by atoms with E-state index in [0.717, 1.165) is 0 Å². The minimum atomic E-state index is -2.01. The second kappa shape index (κ2) is 7.75. The molecule has 0 bridgehead atoms. The van der Waals surface area contributed by atoms with E-state index in [0.29, 0.717) is 10.6 Å². The van der Waals surface area contributed by atoms with Crippen molar-refractivity contribution in [2.24, 2.45) is 0 Å². The normalized spacial score (nSPS) is 11.3. The summed E-state index contributed by atoms with van der Waals surface area (Å²) in [6.45, 7) is 4.47. The highest BCUT2D eigenvalue weighted by Crippen LogP contribution is 2.21. The molecule has 0 N–H and O–H groups in total. The zero-order valence-corrected chi connectivity index (χ0v) is 12.5. The molecule has 0 aliphatic rings. The number of hydrogen-bond acceptors (Lipinski definition) is 5. The largest absolute Gasteiger partial charge is 0.464 e. The van der Waals surface area contributed by atoms with Gasteiger partial charge in [-0.15, -0.1) is 10.3 Å². The third-order valence-electron chi connectivity index (χ3n) is 3.01. The summed E-state index contributed by atoms with van der Waals surface area (Å²) in [6, 6.07) is 8.84. The van der Waals surface area contributed by atoms with Crippen molar-refractivity contribution < 1.29 is 24.3 Å². The average Bonchev–Trinajstić information content (AvgIpc) is 2.47. The maximum absolute atomic E-state index is 12.4. The van der Waals surface area contributed by atoms with E-state index < -0.39 is 17.5 Å². The molecule has 0 fully saturated rings. The lowest BCUT2D eigenvalue weighted by molar-refractivity contribution is -0.242. The van der Waals surface area contributed by atoms with E-state index in [1.807, 2.05) is 6.07 Å². The maximum Gasteiger partial charge on any atom is 0.340 e. The van der Waals surface area contributed by atoms with Crippen molar-refractivity contribution in [3.63, 3.8) is 0 Å². The Morgan fingerprint density at radius 1 is 1.05 bits per heavy atom. The van der Waals surface area contributed by atoms with Crippen LogP contribution in [-0.4, -0.2) is 35.8 Å². The summed E-state index contributed by atoms with van der Waals surface area (Å²) in [6.07, 6.45) is 0. The molecule has 1 aromatic carbocycles. The van der Waals surface area contributed by atoms with Crippen LogP contribution in [-0.2, 0) is 30.8 Å². The van der Waals surface area contributed by atoms with Crippen LogP contribution in [0.3, 0.4) is 0 Å². The standard InChI is InChI=1S/C15H20NO5/c1-4-20-13(17)15(3,14(18)21-5-2)16(19)11-12-9-7-6-8-10-12/h6-10H,4-5,11H2,1-3H3. The quantitative estimate of drug-likeness (QED) is 0.435. The minimum absolute atomic E-state index is 0.0764. The zero-order valence-electron chi connectivity index (χ0n) is 12.5. The van der Waals surface area contributed by atoms with E-state index in [1.54, 1.807) is 38.1 Å². The summed E-state index contributed by atoms with van der Waals surface area (Å²) in [4.78, 5) is 24.1. The number of ether oxygens (including phenoxy) is 2. The molecule has 6 heteroatoms. The number of rotatable bonds is 7. The summed E-state index contributed by atoms with van der Waals surface area (Å²) in [5.74, 6) is -1.82. The van der Waals surface area contributed by atoms with Gasteiger partial charge in [-0.2, -0.15) is 0 Å². The van der Waals surface area contributed by atoms with Crippen LogP contribution in [0, 0.1) is 0 Å². The summed E-state index contributed by atoms with van der Waals surface area (Å²) in [5, 5.41) is 12.8. The summed E-state index contributed by atoms with van der Waals surface area (Å²) < 4.78 is 9.70. The van der Waals surface area contributed by atoms with Crippen LogP contribution in [0.25, 0.3) is 0 Å². The number of benzene rings is 1. The van der Waals surface area contributed by atoms with Crippen molar-refractivity contribution in [3.05, 3.63) is 35.9 Å². The smallest absolute Gasteiger partial charge is 0.340 e. The van der Waals surface area contributed by atoms with Crippen LogP contribution < -0.4 is 0 Å². The van der Waals surface area contributed by atoms with Crippen LogP contribution >= 0.6 is 0 Å². The van der Waals surface area contributed by atoms with E-state index in [9.17, 15) is 14.8 Å². The van der Waals surface area contributed by atoms with Crippen molar-refractivity contribution >= 4 is 11.9 Å². The van der Waals surface area contributed by atoms with Crippen molar-refractivity contribution in [1.29, 1.82) is 0 Å². The fourth-order valence-corrected chi connectivity index (χ4v) is 1.74. The maximum atomic E-state index is 12.4. The number of nitrogens with zero attached hydrogens (tertiary/aromatic N) is 1. The fourth-order valence-electron chi connectivity index (χ4n) is 1.74. The third-order valence-corrected chi connectivity index (χ3v) is 3.01. The van der Waals surface area contributed by atoms with E-state index in [1.165, 1.54) is 6.92 Å². The topological polar surface area (TPSA) is 75.7 Å². The first-order valence-electron chi connectivity index (χ1n) is 6.79. The Bertz CT molecular complexity index is 456. The van der Waals surface area contributed by atoms with Crippen LogP contribution in [0.4, 0.5) is 0 Å². The summed E-state index contributed by atoms with van der Waals surface area (Å²) >= 11 is 0. The number of esters is 2. The van der Waals surface area contributed by atoms with E-state index in [2.05, 4.69) is 0 Å². The van der Waals surface area contributed by atoms with Crippen molar-refractivity contribution in [2.45, 2.75) is 32.9 Å². The number of hydrogen-bond donors (Lipinski definition) is 0. The van der Waals surface area contributed by atoms with Gasteiger partial charge in [-0.25, -0.2) is 9.59 Å². The number of carbonyl (C=O) groups is 2. The Kier molecular flexibility index (Phi) is 6.33. The van der Waals surface area contributed by atoms with Gasteiger partial charge in [0.15, 0.2) is 0 Å². The van der Waals surface area contributed by atoms with Gasteiger partial charge in [-0.1, -0.05) is 30.3 Å². The molecule has 0 saturated heterocycles. The molecular formula is C15H20NO5. The Morgan fingerprint density at radius 3 is 1.95 bits per heavy atom. The first-order valence-corrected chi connectivity index (χ1v) is 6.79. The highest BCUT2D eigenvalue weighted by molar-refractivity contribution is 6.04. The summed E-state index contributed by atoms with van der Waals surface area (Å²) in [5.41, 5.74) is -1.32. The van der Waals surface area contributed by atoms with Gasteiger partial charge in [0, 0.05) is 0 Å². The number of hydroxylamine groups is 2. The predicted octanol–water partition coefficient (Wildman–Crippen LogP) is 1.72. The second-order valence-corrected chi connectivity index (χ2v) is 4.54. The zero-order chi connectivity index (χ0) is 15.9. The molecule has 21 heavy (non-hydrogen) atoms. The third kappa shape index (κ3) is 4.03. The first kappa shape index (κ1) is 17.1. The van der Waals surface area contributed by atoms with Crippen LogP contribution in [0.15, 0.2) is 30.3 Å². The lowest BCUT2D eigenvalue weighted by Gasteiger charge is -2.30. The Labute approximate surface area is 124 Å². The first-order chi connectivity index (χ1) is 9.96. The molecule has 1 aromatic rings. The Morgan fingerprint density at radius 2 is 1.52 bits per heavy atom. The van der Waals surface area contributed by atoms with Gasteiger partial charge in [0.1, 0.15) is 0 Å². The van der Waals surface area contributed by atoms with E-state index in [4.69, 9.17) is 9.47 Å². The van der Waals surface area contributed by atoms with Gasteiger partial charge in [0.25, 0.3) is 0 Å². The van der Waals surface area contributed by atoms with E-state index >= 15 is 0 Å². The Balaban J connectivity index is 2.99. The van der Waals surface area contributed by atoms with Crippen LogP contribution in [0.5, 0.6) is 0 Å². The number of carbonyl (C=O) groups excluding carboxylic acids is 2. The average molecular weight is 294 g/mol. The molecule has 0 aliphatic carbocycles. The van der Waals surface area contributed by atoms with E-state index in [-0.39, 0.29) is 19.8 Å². The molecule has 0 aromatic heterocycles. The fraction of sp³-hybridized carbons (Fsp3) is 0.467. The molecule has 0 spiro atoms. The van der Waals surface area contributed by atoms with Gasteiger partial charge in [0.2, 0.25) is 5.54 Å². The molecule has 6 nitrogen and oxygen atoms in total. The highest BCUT2D eigenvalue weighted by Gasteiger charge is 2.50. The van der Waals surface area contributed by atoms with Gasteiger partial charge in [-0.05, 0) is 26.3 Å². The molecule has 0 saturated carbocycles. The lowest BCUT2D eigenvalue weighted by atomic mass is 10.0. The van der Waals surface area contributed by atoms with Gasteiger partial charge in [0.05, 0.1) is 19.8 Å². The van der Waals surface area contributed by atoms with Crippen molar-refractivity contribution in [3.8, 4) is 0 Å². The summed E-state index contributed by atoms with van der Waals surface area (Å²) in [7, 11) is 0. The molecule has 0 amide bonds. The predicted molar refractivity (Wildman–Crippen MR) is 74.3 cm³/mol. The van der Waals surface area contributed by atoms with Crippen molar-refractivity contribution in [2.75, 3.05) is 13.2 Å². The molecule has 0 atom stereocenters. The molecular weight excluding hydrogens is 274 g/mol. The molecule has 0 unspecified atom stereocenters. The van der Waals surface area contributed by atoms with Gasteiger partial charge >= 0.3 is 11.9 Å². The van der Waals surface area contributed by atoms with Crippen LogP contribution in [0.1, 0.15) is 26.3 Å². The molecule has 1 rings (SSSR count). The monoisotopic (exact) mass is 294 g/mol.